The van der Waals surface area contributed by atoms with Crippen LogP contribution < -0.4 is 9.80 Å². The van der Waals surface area contributed by atoms with Crippen LogP contribution in [0.15, 0.2) is 42.7 Å². The van der Waals surface area contributed by atoms with Crippen molar-refractivity contribution in [1.82, 2.24) is 24.6 Å². The summed E-state index contributed by atoms with van der Waals surface area (Å²) < 4.78 is 1.83. The topological polar surface area (TPSA) is 73.6 Å². The maximum Gasteiger partial charge on any atom is 0.172 e. The largest absolute Gasteiger partial charge is 0.396 e. The molecular formula is C25H33Cl2N7O. The quantitative estimate of drug-likeness (QED) is 0.535. The van der Waals surface area contributed by atoms with E-state index in [0.29, 0.717) is 11.1 Å². The summed E-state index contributed by atoms with van der Waals surface area (Å²) in [6.45, 7) is 8.56. The number of nitrogens with zero attached hydrogens (tertiary/aromatic N) is 7. The van der Waals surface area contributed by atoms with Gasteiger partial charge in [-0.3, -0.25) is 4.90 Å². The second-order valence-electron chi connectivity index (χ2n) is 9.18. The van der Waals surface area contributed by atoms with Crippen molar-refractivity contribution in [2.24, 2.45) is 5.92 Å². The number of anilines is 2. The SMILES string of the molecule is Cc1nn(-c2ccccc2)c(Cl)c1CN1CCN(c2nccnc2N2CCC(CO)CC2)CC1.Cl. The average Bonchev–Trinajstić information content (AvgIpc) is 3.18. The first-order valence-corrected chi connectivity index (χ1v) is 12.5. The van der Waals surface area contributed by atoms with Crippen molar-refractivity contribution in [3.8, 4) is 5.69 Å². The van der Waals surface area contributed by atoms with E-state index in [1.807, 2.05) is 41.9 Å². The molecule has 2 fully saturated rings. The van der Waals surface area contributed by atoms with Gasteiger partial charge in [0.25, 0.3) is 0 Å². The summed E-state index contributed by atoms with van der Waals surface area (Å²) in [6, 6.07) is 10.0. The zero-order valence-corrected chi connectivity index (χ0v) is 21.6. The number of piperazine rings is 1. The molecule has 0 aliphatic carbocycles. The van der Waals surface area contributed by atoms with Crippen LogP contribution in [-0.4, -0.2) is 75.6 Å². The summed E-state index contributed by atoms with van der Waals surface area (Å²) >= 11 is 6.76. The molecule has 8 nitrogen and oxygen atoms in total. The molecule has 2 aromatic heterocycles. The van der Waals surface area contributed by atoms with Crippen LogP contribution >= 0.6 is 24.0 Å². The molecule has 4 heterocycles. The summed E-state index contributed by atoms with van der Waals surface area (Å²) in [5, 5.41) is 14.8. The number of rotatable bonds is 6. The second kappa shape index (κ2) is 11.6. The van der Waals surface area contributed by atoms with E-state index in [0.717, 1.165) is 87.2 Å². The van der Waals surface area contributed by atoms with E-state index in [4.69, 9.17) is 21.7 Å². The number of aliphatic hydroxyl groups excluding tert-OH is 1. The molecule has 3 aromatic rings. The highest BCUT2D eigenvalue weighted by molar-refractivity contribution is 6.30. The summed E-state index contributed by atoms with van der Waals surface area (Å²) in [7, 11) is 0. The van der Waals surface area contributed by atoms with Gasteiger partial charge >= 0.3 is 0 Å². The Morgan fingerprint density at radius 2 is 1.51 bits per heavy atom. The van der Waals surface area contributed by atoms with Crippen LogP contribution in [0, 0.1) is 12.8 Å². The third-order valence-corrected chi connectivity index (χ3v) is 7.40. The van der Waals surface area contributed by atoms with Crippen LogP contribution in [0.3, 0.4) is 0 Å². The predicted octanol–water partition coefficient (Wildman–Crippen LogP) is 3.58. The lowest BCUT2D eigenvalue weighted by Crippen LogP contribution is -2.47. The molecule has 2 aliphatic heterocycles. The molecule has 1 aromatic carbocycles. The van der Waals surface area contributed by atoms with E-state index >= 15 is 0 Å². The lowest BCUT2D eigenvalue weighted by Gasteiger charge is -2.38. The third-order valence-electron chi connectivity index (χ3n) is 7.01. The monoisotopic (exact) mass is 517 g/mol. The average molecular weight is 518 g/mol. The third kappa shape index (κ3) is 5.56. The Balaban J connectivity index is 0.00000289. The minimum atomic E-state index is 0. The predicted molar refractivity (Wildman–Crippen MR) is 142 cm³/mol. The van der Waals surface area contributed by atoms with Crippen molar-refractivity contribution >= 4 is 35.6 Å². The van der Waals surface area contributed by atoms with Crippen molar-refractivity contribution in [3.05, 3.63) is 59.1 Å². The van der Waals surface area contributed by atoms with E-state index in [-0.39, 0.29) is 19.0 Å². The zero-order valence-electron chi connectivity index (χ0n) is 20.1. The minimum Gasteiger partial charge on any atom is -0.396 e. The standard InChI is InChI=1S/C25H32ClN7O.ClH/c1-19-22(23(26)33(29-19)21-5-3-2-4-6-21)17-30-13-15-32(16-14-30)25-24(27-9-10-28-25)31-11-7-20(18-34)8-12-31;/h2-6,9-10,20,34H,7-8,11-18H2,1H3;1H. The van der Waals surface area contributed by atoms with Gasteiger partial charge in [0.2, 0.25) is 0 Å². The van der Waals surface area contributed by atoms with Gasteiger partial charge in [0.1, 0.15) is 5.15 Å². The molecule has 0 saturated carbocycles. The number of piperidine rings is 1. The van der Waals surface area contributed by atoms with E-state index < -0.39 is 0 Å². The number of hydrogen-bond acceptors (Lipinski definition) is 7. The van der Waals surface area contributed by atoms with Crippen LogP contribution in [0.4, 0.5) is 11.6 Å². The Labute approximate surface area is 217 Å². The van der Waals surface area contributed by atoms with Crippen molar-refractivity contribution in [2.75, 3.05) is 55.7 Å². The van der Waals surface area contributed by atoms with Crippen molar-refractivity contribution in [1.29, 1.82) is 0 Å². The van der Waals surface area contributed by atoms with Crippen LogP contribution in [0.2, 0.25) is 5.15 Å². The summed E-state index contributed by atoms with van der Waals surface area (Å²) in [6.07, 6.45) is 5.56. The van der Waals surface area contributed by atoms with Gasteiger partial charge in [0.05, 0.1) is 11.4 Å². The minimum absolute atomic E-state index is 0. The number of halogens is 2. The van der Waals surface area contributed by atoms with Crippen molar-refractivity contribution in [3.63, 3.8) is 0 Å². The zero-order chi connectivity index (χ0) is 23.5. The fraction of sp³-hybridized carbons (Fsp3) is 0.480. The van der Waals surface area contributed by atoms with Crippen LogP contribution in [-0.2, 0) is 6.54 Å². The molecule has 5 rings (SSSR count). The lowest BCUT2D eigenvalue weighted by molar-refractivity contribution is 0.202. The molecule has 35 heavy (non-hydrogen) atoms. The Morgan fingerprint density at radius 3 is 2.11 bits per heavy atom. The highest BCUT2D eigenvalue weighted by atomic mass is 35.5. The molecular weight excluding hydrogens is 485 g/mol. The summed E-state index contributed by atoms with van der Waals surface area (Å²) in [4.78, 5) is 16.5. The number of aromatic nitrogens is 4. The van der Waals surface area contributed by atoms with E-state index in [2.05, 4.69) is 19.7 Å². The summed E-state index contributed by atoms with van der Waals surface area (Å²) in [5.74, 6) is 2.34. The second-order valence-corrected chi connectivity index (χ2v) is 9.54. The first-order valence-electron chi connectivity index (χ1n) is 12.1. The Kier molecular flexibility index (Phi) is 8.49. The molecule has 2 aliphatic rings. The van der Waals surface area contributed by atoms with Crippen LogP contribution in [0.5, 0.6) is 0 Å². The van der Waals surface area contributed by atoms with Gasteiger partial charge < -0.3 is 14.9 Å². The first-order chi connectivity index (χ1) is 16.6. The Hall–Kier alpha value is -2.39. The molecule has 1 N–H and O–H groups in total. The van der Waals surface area contributed by atoms with E-state index in [1.54, 1.807) is 12.4 Å². The molecule has 0 unspecified atom stereocenters. The number of aliphatic hydroxyl groups is 1. The highest BCUT2D eigenvalue weighted by Crippen LogP contribution is 2.30. The summed E-state index contributed by atoms with van der Waals surface area (Å²) in [5.41, 5.74) is 3.04. The Bertz CT molecular complexity index is 1090. The van der Waals surface area contributed by atoms with Gasteiger partial charge in [-0.25, -0.2) is 14.6 Å². The fourth-order valence-corrected chi connectivity index (χ4v) is 5.22. The number of aryl methyl sites for hydroxylation is 1. The van der Waals surface area contributed by atoms with Gasteiger partial charge in [-0.15, -0.1) is 12.4 Å². The normalized spacial score (nSPS) is 17.5. The molecule has 188 valence electrons. The number of para-hydroxylation sites is 1. The Morgan fingerprint density at radius 1 is 0.914 bits per heavy atom. The molecule has 2 saturated heterocycles. The number of benzene rings is 1. The molecule has 0 radical (unpaired) electrons. The first kappa shape index (κ1) is 25.7. The number of hydrogen-bond donors (Lipinski definition) is 1. The van der Waals surface area contributed by atoms with Gasteiger partial charge in [0.15, 0.2) is 11.6 Å². The molecule has 0 spiro atoms. The highest BCUT2D eigenvalue weighted by Gasteiger charge is 2.27. The van der Waals surface area contributed by atoms with Crippen molar-refractivity contribution in [2.45, 2.75) is 26.3 Å². The molecule has 10 heteroatoms. The maximum atomic E-state index is 9.46. The van der Waals surface area contributed by atoms with Gasteiger partial charge in [-0.2, -0.15) is 5.10 Å². The van der Waals surface area contributed by atoms with E-state index in [9.17, 15) is 5.11 Å². The lowest BCUT2D eigenvalue weighted by atomic mass is 9.98. The molecule has 0 amide bonds. The van der Waals surface area contributed by atoms with Crippen LogP contribution in [0.1, 0.15) is 24.1 Å². The van der Waals surface area contributed by atoms with Gasteiger partial charge in [0, 0.05) is 70.4 Å². The molecule has 0 bridgehead atoms. The fourth-order valence-electron chi connectivity index (χ4n) is 4.89. The van der Waals surface area contributed by atoms with Gasteiger partial charge in [-0.1, -0.05) is 29.8 Å². The smallest absolute Gasteiger partial charge is 0.172 e. The molecule has 0 atom stereocenters. The van der Waals surface area contributed by atoms with Crippen LogP contribution in [0.25, 0.3) is 5.69 Å². The van der Waals surface area contributed by atoms with E-state index in [1.165, 1.54) is 0 Å². The maximum absolute atomic E-state index is 9.46. The van der Waals surface area contributed by atoms with Crippen molar-refractivity contribution < 1.29 is 5.11 Å². The van der Waals surface area contributed by atoms with Gasteiger partial charge in [-0.05, 0) is 37.8 Å².